The van der Waals surface area contributed by atoms with E-state index in [1.807, 2.05) is 0 Å². The van der Waals surface area contributed by atoms with E-state index < -0.39 is 0 Å². The van der Waals surface area contributed by atoms with E-state index in [1.165, 1.54) is 6.42 Å². The number of carbonyl (C=O) groups is 1. The lowest BCUT2D eigenvalue weighted by Crippen LogP contribution is -2.45. The number of aromatic nitrogens is 2. The number of amides is 1. The predicted octanol–water partition coefficient (Wildman–Crippen LogP) is 0.826. The lowest BCUT2D eigenvalue weighted by Gasteiger charge is -2.33. The van der Waals surface area contributed by atoms with Crippen molar-refractivity contribution in [3.63, 3.8) is 0 Å². The van der Waals surface area contributed by atoms with Crippen LogP contribution in [0.2, 0.25) is 0 Å². The number of carbonyl (C=O) groups excluding carboxylic acids is 1. The number of nitrogens with zero attached hydrogens (tertiary/aromatic N) is 2. The third kappa shape index (κ3) is 1.09. The lowest BCUT2D eigenvalue weighted by molar-refractivity contribution is 0.0865. The molecule has 1 aromatic heterocycles. The van der Waals surface area contributed by atoms with Gasteiger partial charge in [0.25, 0.3) is 5.91 Å². The molecule has 1 fully saturated rings. The van der Waals surface area contributed by atoms with Crippen LogP contribution in [0.1, 0.15) is 42.6 Å². The molecule has 15 heavy (non-hydrogen) atoms. The van der Waals surface area contributed by atoms with E-state index in [0.717, 1.165) is 25.7 Å². The average molecular weight is 206 g/mol. The van der Waals surface area contributed by atoms with E-state index in [0.29, 0.717) is 11.5 Å². The summed E-state index contributed by atoms with van der Waals surface area (Å²) in [5.41, 5.74) is 5.96. The standard InChI is InChI=1S/C10H14N4O/c11-8-6-7-9(15)12-10(14(7)13-8)4-2-1-3-5-10/h6H,1-5H2,(H2,11,13)(H,12,15). The maximum atomic E-state index is 11.7. The van der Waals surface area contributed by atoms with Crippen molar-refractivity contribution < 1.29 is 4.79 Å². The Labute approximate surface area is 87.6 Å². The van der Waals surface area contributed by atoms with Gasteiger partial charge in [0.1, 0.15) is 17.2 Å². The van der Waals surface area contributed by atoms with Gasteiger partial charge in [-0.2, -0.15) is 5.10 Å². The molecule has 2 aliphatic rings. The predicted molar refractivity (Wildman–Crippen MR) is 55.2 cm³/mol. The van der Waals surface area contributed by atoms with Gasteiger partial charge in [0, 0.05) is 6.07 Å². The average Bonchev–Trinajstić information content (AvgIpc) is 2.70. The number of hydrogen-bond acceptors (Lipinski definition) is 3. The maximum Gasteiger partial charge on any atom is 0.271 e. The van der Waals surface area contributed by atoms with Gasteiger partial charge >= 0.3 is 0 Å². The molecule has 1 aromatic rings. The fourth-order valence-corrected chi connectivity index (χ4v) is 2.69. The molecule has 0 bridgehead atoms. The zero-order chi connectivity index (χ0) is 10.5. The summed E-state index contributed by atoms with van der Waals surface area (Å²) in [5, 5.41) is 7.28. The largest absolute Gasteiger partial charge is 0.382 e. The minimum atomic E-state index is -0.276. The van der Waals surface area contributed by atoms with E-state index >= 15 is 0 Å². The van der Waals surface area contributed by atoms with Crippen LogP contribution >= 0.6 is 0 Å². The first-order valence-corrected chi connectivity index (χ1v) is 5.40. The van der Waals surface area contributed by atoms with Crippen LogP contribution in [0.5, 0.6) is 0 Å². The molecule has 80 valence electrons. The van der Waals surface area contributed by atoms with Crippen LogP contribution in [0.3, 0.4) is 0 Å². The molecule has 5 heteroatoms. The SMILES string of the molecule is Nc1cc2n(n1)C1(CCCCC1)NC2=O. The molecule has 0 aromatic carbocycles. The van der Waals surface area contributed by atoms with Crippen LogP contribution < -0.4 is 11.1 Å². The van der Waals surface area contributed by atoms with Crippen molar-refractivity contribution in [3.05, 3.63) is 11.8 Å². The summed E-state index contributed by atoms with van der Waals surface area (Å²) in [6, 6.07) is 1.65. The number of nitrogens with one attached hydrogen (secondary N) is 1. The van der Waals surface area contributed by atoms with E-state index in [-0.39, 0.29) is 11.6 Å². The molecule has 1 aliphatic heterocycles. The summed E-state index contributed by atoms with van der Waals surface area (Å²) in [4.78, 5) is 11.7. The fraction of sp³-hybridized carbons (Fsp3) is 0.600. The molecule has 1 amide bonds. The Balaban J connectivity index is 2.09. The Bertz CT molecular complexity index is 417. The smallest absolute Gasteiger partial charge is 0.271 e. The highest BCUT2D eigenvalue weighted by Crippen LogP contribution is 2.37. The Morgan fingerprint density at radius 2 is 2.13 bits per heavy atom. The molecule has 0 saturated heterocycles. The normalized spacial score (nSPS) is 22.8. The van der Waals surface area contributed by atoms with E-state index in [1.54, 1.807) is 10.7 Å². The molecular formula is C10H14N4O. The van der Waals surface area contributed by atoms with Crippen LogP contribution in [0.25, 0.3) is 0 Å². The highest BCUT2D eigenvalue weighted by Gasteiger charge is 2.44. The molecule has 0 unspecified atom stereocenters. The summed E-state index contributed by atoms with van der Waals surface area (Å²) >= 11 is 0. The minimum Gasteiger partial charge on any atom is -0.382 e. The second-order valence-corrected chi connectivity index (χ2v) is 4.41. The van der Waals surface area contributed by atoms with E-state index in [4.69, 9.17) is 5.73 Å². The molecule has 0 radical (unpaired) electrons. The van der Waals surface area contributed by atoms with Gasteiger partial charge in [-0.3, -0.25) is 4.79 Å². The van der Waals surface area contributed by atoms with Crippen LogP contribution in [0.15, 0.2) is 6.07 Å². The molecule has 1 saturated carbocycles. The quantitative estimate of drug-likeness (QED) is 0.660. The first-order chi connectivity index (χ1) is 7.21. The molecule has 3 N–H and O–H groups in total. The van der Waals surface area contributed by atoms with Crippen LogP contribution in [-0.4, -0.2) is 15.7 Å². The summed E-state index contributed by atoms with van der Waals surface area (Å²) in [6.07, 6.45) is 5.45. The van der Waals surface area contributed by atoms with Gasteiger partial charge in [0.15, 0.2) is 0 Å². The molecule has 1 aliphatic carbocycles. The fourth-order valence-electron chi connectivity index (χ4n) is 2.69. The maximum absolute atomic E-state index is 11.7. The Kier molecular flexibility index (Phi) is 1.60. The first-order valence-electron chi connectivity index (χ1n) is 5.40. The topological polar surface area (TPSA) is 72.9 Å². The van der Waals surface area contributed by atoms with Gasteiger partial charge in [-0.1, -0.05) is 6.42 Å². The Morgan fingerprint density at radius 1 is 1.40 bits per heavy atom. The van der Waals surface area contributed by atoms with E-state index in [9.17, 15) is 4.79 Å². The minimum absolute atomic E-state index is 0.0406. The second-order valence-electron chi connectivity index (χ2n) is 4.41. The van der Waals surface area contributed by atoms with Crippen LogP contribution in [0.4, 0.5) is 5.82 Å². The van der Waals surface area contributed by atoms with Crippen molar-refractivity contribution in [1.29, 1.82) is 0 Å². The third-order valence-electron chi connectivity index (χ3n) is 3.39. The zero-order valence-electron chi connectivity index (χ0n) is 8.49. The Hall–Kier alpha value is -1.52. The van der Waals surface area contributed by atoms with Gasteiger partial charge < -0.3 is 11.1 Å². The molecular weight excluding hydrogens is 192 g/mol. The zero-order valence-corrected chi connectivity index (χ0v) is 8.49. The highest BCUT2D eigenvalue weighted by atomic mass is 16.2. The highest BCUT2D eigenvalue weighted by molar-refractivity contribution is 5.95. The van der Waals surface area contributed by atoms with Gasteiger partial charge in [0.2, 0.25) is 0 Å². The van der Waals surface area contributed by atoms with Crippen molar-refractivity contribution in [2.75, 3.05) is 5.73 Å². The number of nitrogens with two attached hydrogens (primary N) is 1. The number of fused-ring (bicyclic) bond motifs is 2. The monoisotopic (exact) mass is 206 g/mol. The van der Waals surface area contributed by atoms with E-state index in [2.05, 4.69) is 10.4 Å². The van der Waals surface area contributed by atoms with Crippen molar-refractivity contribution in [2.45, 2.75) is 37.8 Å². The number of hydrogen-bond donors (Lipinski definition) is 2. The van der Waals surface area contributed by atoms with Crippen LogP contribution in [-0.2, 0) is 5.66 Å². The summed E-state index contributed by atoms with van der Waals surface area (Å²) < 4.78 is 1.80. The van der Waals surface area contributed by atoms with Gasteiger partial charge in [-0.15, -0.1) is 0 Å². The van der Waals surface area contributed by atoms with Crippen LogP contribution in [0, 0.1) is 0 Å². The molecule has 1 spiro atoms. The molecule has 5 nitrogen and oxygen atoms in total. The third-order valence-corrected chi connectivity index (χ3v) is 3.39. The van der Waals surface area contributed by atoms with Crippen molar-refractivity contribution in [3.8, 4) is 0 Å². The van der Waals surface area contributed by atoms with Gasteiger partial charge in [-0.05, 0) is 25.7 Å². The number of nitrogen functional groups attached to an aromatic ring is 1. The van der Waals surface area contributed by atoms with Crippen molar-refractivity contribution >= 4 is 11.7 Å². The molecule has 0 atom stereocenters. The van der Waals surface area contributed by atoms with Gasteiger partial charge in [0.05, 0.1) is 0 Å². The number of anilines is 1. The lowest BCUT2D eigenvalue weighted by atomic mass is 9.90. The Morgan fingerprint density at radius 3 is 2.87 bits per heavy atom. The molecule has 3 rings (SSSR count). The number of rotatable bonds is 0. The van der Waals surface area contributed by atoms with Crippen molar-refractivity contribution in [2.24, 2.45) is 0 Å². The summed E-state index contributed by atoms with van der Waals surface area (Å²) in [5.74, 6) is 0.394. The second kappa shape index (κ2) is 2.74. The molecule has 2 heterocycles. The summed E-state index contributed by atoms with van der Waals surface area (Å²) in [6.45, 7) is 0. The summed E-state index contributed by atoms with van der Waals surface area (Å²) in [7, 11) is 0. The van der Waals surface area contributed by atoms with Crippen molar-refractivity contribution in [1.82, 2.24) is 15.1 Å². The van der Waals surface area contributed by atoms with Gasteiger partial charge in [-0.25, -0.2) is 4.68 Å². The first kappa shape index (κ1) is 8.76.